The summed E-state index contributed by atoms with van der Waals surface area (Å²) in [4.78, 5) is 14.2. The van der Waals surface area contributed by atoms with Gasteiger partial charge in [-0.25, -0.2) is 0 Å². The Morgan fingerprint density at radius 3 is 2.72 bits per heavy atom. The van der Waals surface area contributed by atoms with E-state index in [4.69, 9.17) is 5.73 Å². The Labute approximate surface area is 111 Å². The van der Waals surface area contributed by atoms with Crippen molar-refractivity contribution in [2.24, 2.45) is 0 Å². The zero-order chi connectivity index (χ0) is 13.1. The van der Waals surface area contributed by atoms with Gasteiger partial charge in [0.15, 0.2) is 5.16 Å². The Morgan fingerprint density at radius 1 is 1.44 bits per heavy atom. The lowest BCUT2D eigenvalue weighted by molar-refractivity contribution is -0.133. The van der Waals surface area contributed by atoms with Crippen LogP contribution in [0.5, 0.6) is 0 Å². The molecule has 2 rings (SSSR count). The Kier molecular flexibility index (Phi) is 4.11. The van der Waals surface area contributed by atoms with Crippen molar-refractivity contribution in [3.63, 3.8) is 0 Å². The van der Waals surface area contributed by atoms with E-state index in [0.29, 0.717) is 5.95 Å². The minimum absolute atomic E-state index is 0.108. The number of aromatic nitrogens is 3. The number of nitrogens with two attached hydrogens (primary N) is 1. The maximum Gasteiger partial charge on any atom is 0.245 e. The van der Waals surface area contributed by atoms with Crippen molar-refractivity contribution in [2.75, 3.05) is 24.6 Å². The first-order chi connectivity index (χ1) is 8.65. The van der Waals surface area contributed by atoms with Crippen LogP contribution >= 0.6 is 11.8 Å². The Balaban J connectivity index is 2.18. The predicted octanol–water partition coefficient (Wildman–Crippen LogP) is 1.16. The maximum atomic E-state index is 12.3. The van der Waals surface area contributed by atoms with Crippen molar-refractivity contribution in [3.05, 3.63) is 0 Å². The van der Waals surface area contributed by atoms with E-state index >= 15 is 0 Å². The second kappa shape index (κ2) is 5.60. The lowest BCUT2D eigenvalue weighted by atomic mass is 10.3. The van der Waals surface area contributed by atoms with E-state index < -0.39 is 0 Å². The van der Waals surface area contributed by atoms with E-state index in [-0.39, 0.29) is 11.9 Å². The third kappa shape index (κ3) is 2.45. The average Bonchev–Trinajstić information content (AvgIpc) is 2.98. The first kappa shape index (κ1) is 13.2. The number of carbonyl (C=O) groups is 1. The topological polar surface area (TPSA) is 77.0 Å². The van der Waals surface area contributed by atoms with Crippen molar-refractivity contribution in [2.45, 2.75) is 37.9 Å². The SMILES string of the molecule is CCSc1nnc(N)n1C(C)C(=O)N1CCCC1. The number of amides is 1. The molecule has 1 aromatic heterocycles. The van der Waals surface area contributed by atoms with Gasteiger partial charge in [-0.1, -0.05) is 18.7 Å². The Hall–Kier alpha value is -1.24. The molecule has 1 unspecified atom stereocenters. The molecule has 2 N–H and O–H groups in total. The van der Waals surface area contributed by atoms with Crippen molar-refractivity contribution in [1.29, 1.82) is 0 Å². The van der Waals surface area contributed by atoms with Crippen molar-refractivity contribution >= 4 is 23.6 Å². The molecule has 0 aliphatic carbocycles. The zero-order valence-electron chi connectivity index (χ0n) is 10.8. The quantitative estimate of drug-likeness (QED) is 0.830. The van der Waals surface area contributed by atoms with Crippen molar-refractivity contribution in [1.82, 2.24) is 19.7 Å². The van der Waals surface area contributed by atoms with Crippen LogP contribution in [0.3, 0.4) is 0 Å². The highest BCUT2D eigenvalue weighted by molar-refractivity contribution is 7.99. The molecule has 2 heterocycles. The molecule has 18 heavy (non-hydrogen) atoms. The first-order valence-electron chi connectivity index (χ1n) is 6.27. The Bertz CT molecular complexity index is 427. The fraction of sp³-hybridized carbons (Fsp3) is 0.727. The van der Waals surface area contributed by atoms with E-state index in [0.717, 1.165) is 36.8 Å². The molecule has 1 aliphatic heterocycles. The first-order valence-corrected chi connectivity index (χ1v) is 7.25. The van der Waals surface area contributed by atoms with Crippen LogP contribution in [0.15, 0.2) is 5.16 Å². The number of likely N-dealkylation sites (tertiary alicyclic amines) is 1. The molecule has 0 bridgehead atoms. The molecule has 1 aliphatic rings. The number of thioether (sulfide) groups is 1. The van der Waals surface area contributed by atoms with Gasteiger partial charge >= 0.3 is 0 Å². The predicted molar refractivity (Wildman–Crippen MR) is 71.4 cm³/mol. The molecule has 1 fully saturated rings. The zero-order valence-corrected chi connectivity index (χ0v) is 11.6. The van der Waals surface area contributed by atoms with Crippen LogP contribution in [-0.4, -0.2) is 44.4 Å². The van der Waals surface area contributed by atoms with E-state index in [2.05, 4.69) is 10.2 Å². The molecular weight excluding hydrogens is 250 g/mol. The van der Waals surface area contributed by atoms with Gasteiger partial charge in [0.1, 0.15) is 6.04 Å². The molecule has 100 valence electrons. The van der Waals surface area contributed by atoms with Crippen LogP contribution in [0, 0.1) is 0 Å². The number of rotatable bonds is 4. The molecule has 1 atom stereocenters. The fourth-order valence-electron chi connectivity index (χ4n) is 2.19. The summed E-state index contributed by atoms with van der Waals surface area (Å²) >= 11 is 1.55. The van der Waals surface area contributed by atoms with E-state index in [1.807, 2.05) is 18.7 Å². The van der Waals surface area contributed by atoms with Crippen molar-refractivity contribution in [3.8, 4) is 0 Å². The molecule has 0 spiro atoms. The number of anilines is 1. The minimum atomic E-state index is -0.327. The molecule has 0 radical (unpaired) electrons. The highest BCUT2D eigenvalue weighted by atomic mass is 32.2. The maximum absolute atomic E-state index is 12.3. The lowest BCUT2D eigenvalue weighted by Crippen LogP contribution is -2.34. The van der Waals surface area contributed by atoms with Gasteiger partial charge in [0, 0.05) is 13.1 Å². The molecule has 0 aromatic carbocycles. The molecule has 1 amide bonds. The third-order valence-electron chi connectivity index (χ3n) is 3.13. The van der Waals surface area contributed by atoms with Crippen LogP contribution in [0.2, 0.25) is 0 Å². The summed E-state index contributed by atoms with van der Waals surface area (Å²) in [7, 11) is 0. The summed E-state index contributed by atoms with van der Waals surface area (Å²) in [5.74, 6) is 1.30. The molecule has 0 saturated carbocycles. The number of nitrogens with zero attached hydrogens (tertiary/aromatic N) is 4. The second-order valence-electron chi connectivity index (χ2n) is 4.35. The second-order valence-corrected chi connectivity index (χ2v) is 5.58. The van der Waals surface area contributed by atoms with Gasteiger partial charge in [0.25, 0.3) is 0 Å². The van der Waals surface area contributed by atoms with E-state index in [1.165, 1.54) is 0 Å². The van der Waals surface area contributed by atoms with Gasteiger partial charge < -0.3 is 10.6 Å². The summed E-state index contributed by atoms with van der Waals surface area (Å²) < 4.78 is 1.73. The monoisotopic (exact) mass is 269 g/mol. The highest BCUT2D eigenvalue weighted by Crippen LogP contribution is 2.24. The summed E-state index contributed by atoms with van der Waals surface area (Å²) in [5.41, 5.74) is 5.81. The lowest BCUT2D eigenvalue weighted by Gasteiger charge is -2.22. The smallest absolute Gasteiger partial charge is 0.245 e. The van der Waals surface area contributed by atoms with Crippen LogP contribution in [0.1, 0.15) is 32.7 Å². The van der Waals surface area contributed by atoms with Gasteiger partial charge in [0.05, 0.1) is 0 Å². The number of carbonyl (C=O) groups excluding carboxylic acids is 1. The van der Waals surface area contributed by atoms with Crippen LogP contribution < -0.4 is 5.73 Å². The molecule has 1 saturated heterocycles. The number of hydrogen-bond donors (Lipinski definition) is 1. The van der Waals surface area contributed by atoms with Gasteiger partial charge in [0.2, 0.25) is 11.9 Å². The van der Waals surface area contributed by atoms with Gasteiger partial charge in [-0.15, -0.1) is 10.2 Å². The molecular formula is C11H19N5OS. The van der Waals surface area contributed by atoms with Crippen molar-refractivity contribution < 1.29 is 4.79 Å². The summed E-state index contributed by atoms with van der Waals surface area (Å²) in [6.07, 6.45) is 2.18. The van der Waals surface area contributed by atoms with Gasteiger partial charge in [-0.2, -0.15) is 0 Å². The fourth-order valence-corrected chi connectivity index (χ4v) is 2.94. The Morgan fingerprint density at radius 2 is 2.11 bits per heavy atom. The largest absolute Gasteiger partial charge is 0.368 e. The standard InChI is InChI=1S/C11H19N5OS/c1-3-18-11-14-13-10(12)16(11)8(2)9(17)15-6-4-5-7-15/h8H,3-7H2,1-2H3,(H2,12,13). The highest BCUT2D eigenvalue weighted by Gasteiger charge is 2.27. The number of hydrogen-bond acceptors (Lipinski definition) is 5. The van der Waals surface area contributed by atoms with Crippen LogP contribution in [-0.2, 0) is 4.79 Å². The van der Waals surface area contributed by atoms with E-state index in [1.54, 1.807) is 16.3 Å². The normalized spacial score (nSPS) is 17.1. The molecule has 1 aromatic rings. The van der Waals surface area contributed by atoms with Crippen LogP contribution in [0.25, 0.3) is 0 Å². The molecule has 6 nitrogen and oxygen atoms in total. The minimum Gasteiger partial charge on any atom is -0.368 e. The summed E-state index contributed by atoms with van der Waals surface area (Å²) in [6, 6.07) is -0.327. The van der Waals surface area contributed by atoms with Crippen LogP contribution in [0.4, 0.5) is 5.95 Å². The third-order valence-corrected chi connectivity index (χ3v) is 3.95. The average molecular weight is 269 g/mol. The molecule has 7 heteroatoms. The van der Waals surface area contributed by atoms with Gasteiger partial charge in [-0.3, -0.25) is 9.36 Å². The summed E-state index contributed by atoms with van der Waals surface area (Å²) in [5, 5.41) is 8.60. The van der Waals surface area contributed by atoms with E-state index in [9.17, 15) is 4.79 Å². The number of nitrogen functional groups attached to an aromatic ring is 1. The summed E-state index contributed by atoms with van der Waals surface area (Å²) in [6.45, 7) is 5.59. The van der Waals surface area contributed by atoms with Gasteiger partial charge in [-0.05, 0) is 25.5 Å².